The molecule has 1 fully saturated rings. The highest BCUT2D eigenvalue weighted by atomic mass is 16.6. The predicted molar refractivity (Wildman–Crippen MR) is 122 cm³/mol. The molecule has 1 saturated heterocycles. The summed E-state index contributed by atoms with van der Waals surface area (Å²) in [5, 5.41) is 0.694. The lowest BCUT2D eigenvalue weighted by atomic mass is 10.2. The highest BCUT2D eigenvalue weighted by Crippen LogP contribution is 2.34. The van der Waals surface area contributed by atoms with Gasteiger partial charge in [-0.2, -0.15) is 4.98 Å². The number of piperazine rings is 1. The van der Waals surface area contributed by atoms with E-state index in [0.717, 1.165) is 0 Å². The number of rotatable bonds is 4. The molecule has 0 spiro atoms. The minimum Gasteiger partial charge on any atom is -0.493 e. The van der Waals surface area contributed by atoms with Crippen LogP contribution in [-0.2, 0) is 4.79 Å². The van der Waals surface area contributed by atoms with Gasteiger partial charge in [0, 0.05) is 37.6 Å². The quantitative estimate of drug-likeness (QED) is 0.588. The first kappa shape index (κ1) is 20.9. The second-order valence-electron chi connectivity index (χ2n) is 7.81. The van der Waals surface area contributed by atoms with Gasteiger partial charge in [0.05, 0.1) is 19.7 Å². The first-order valence-corrected chi connectivity index (χ1v) is 10.7. The van der Waals surface area contributed by atoms with Gasteiger partial charge in [-0.15, -0.1) is 0 Å². The molecule has 5 rings (SSSR count). The molecule has 3 aromatic rings. The summed E-state index contributed by atoms with van der Waals surface area (Å²) in [5.74, 6) is 3.18. The van der Waals surface area contributed by atoms with Crippen molar-refractivity contribution in [3.05, 3.63) is 36.4 Å². The van der Waals surface area contributed by atoms with Gasteiger partial charge in [-0.25, -0.2) is 4.98 Å². The van der Waals surface area contributed by atoms with Gasteiger partial charge in [-0.1, -0.05) is 12.1 Å². The Bertz CT molecular complexity index is 1200. The first-order valence-electron chi connectivity index (χ1n) is 10.7. The summed E-state index contributed by atoms with van der Waals surface area (Å²) in [5.41, 5.74) is 6.89. The Morgan fingerprint density at radius 2 is 1.73 bits per heavy atom. The zero-order valence-corrected chi connectivity index (χ0v) is 18.5. The van der Waals surface area contributed by atoms with Gasteiger partial charge in [0.15, 0.2) is 23.0 Å². The number of fused-ring (bicyclic) bond motifs is 2. The zero-order valence-electron chi connectivity index (χ0n) is 18.5. The molecule has 1 unspecified atom stereocenters. The van der Waals surface area contributed by atoms with Crippen molar-refractivity contribution in [2.75, 3.05) is 57.6 Å². The van der Waals surface area contributed by atoms with Crippen LogP contribution in [0.3, 0.4) is 0 Å². The molecule has 0 saturated carbocycles. The van der Waals surface area contributed by atoms with E-state index in [4.69, 9.17) is 24.7 Å². The monoisotopic (exact) mass is 455 g/mol. The topological polar surface area (TPSA) is 112 Å². The average molecular weight is 455 g/mol. The third kappa shape index (κ3) is 3.88. The van der Waals surface area contributed by atoms with E-state index in [1.54, 1.807) is 37.3 Å². The van der Waals surface area contributed by atoms with E-state index in [0.29, 0.717) is 71.8 Å². The molecule has 0 bridgehead atoms. The number of nitrogens with two attached hydrogens (primary N) is 1. The Labute approximate surface area is 190 Å². The molecule has 1 aromatic heterocycles. The smallest absolute Gasteiger partial charge is 0.267 e. The molecular formula is C23H25N5O5. The summed E-state index contributed by atoms with van der Waals surface area (Å²) in [6, 6.07) is 10.9. The number of amides is 1. The van der Waals surface area contributed by atoms with Gasteiger partial charge in [0.25, 0.3) is 5.91 Å². The molecule has 33 heavy (non-hydrogen) atoms. The van der Waals surface area contributed by atoms with Crippen LogP contribution in [0.5, 0.6) is 23.0 Å². The lowest BCUT2D eigenvalue weighted by Gasteiger charge is -2.37. The lowest BCUT2D eigenvalue weighted by molar-refractivity contribution is -0.141. The van der Waals surface area contributed by atoms with Crippen LogP contribution in [0.1, 0.15) is 0 Å². The third-order valence-corrected chi connectivity index (χ3v) is 5.88. The number of nitrogen functional groups attached to an aromatic ring is 1. The highest BCUT2D eigenvalue weighted by molar-refractivity contribution is 5.91. The number of benzene rings is 2. The molecule has 10 nitrogen and oxygen atoms in total. The molecule has 10 heteroatoms. The number of methoxy groups -OCH3 is 2. The van der Waals surface area contributed by atoms with E-state index in [-0.39, 0.29) is 12.5 Å². The number of para-hydroxylation sites is 2. The van der Waals surface area contributed by atoms with Crippen LogP contribution in [0.25, 0.3) is 10.9 Å². The lowest BCUT2D eigenvalue weighted by Crippen LogP contribution is -2.54. The highest BCUT2D eigenvalue weighted by Gasteiger charge is 2.33. The standard InChI is InChI=1S/C23H25N5O5/c1-30-18-11-14-15(12-19(18)31-2)25-23(26-21(14)24)28-9-7-27(8-10-28)22(29)20-13-32-16-5-3-4-6-17(16)33-20/h3-6,11-12,20H,7-10,13H2,1-2H3,(H2,24,25,26)/i7+1,8+1,9+1,10+1. The van der Waals surface area contributed by atoms with Crippen LogP contribution in [0.4, 0.5) is 11.8 Å². The van der Waals surface area contributed by atoms with Crippen LogP contribution in [-0.4, -0.2) is 73.9 Å². The van der Waals surface area contributed by atoms with E-state index >= 15 is 0 Å². The Kier molecular flexibility index (Phi) is 5.41. The Morgan fingerprint density at radius 3 is 2.45 bits per heavy atom. The molecule has 3 heterocycles. The van der Waals surface area contributed by atoms with Crippen molar-refractivity contribution < 1.29 is 23.7 Å². The minimum atomic E-state index is -0.651. The molecule has 2 aromatic carbocycles. The largest absolute Gasteiger partial charge is 0.493 e. The van der Waals surface area contributed by atoms with E-state index in [9.17, 15) is 4.79 Å². The van der Waals surface area contributed by atoms with Crippen LogP contribution in [0, 0.1) is 0 Å². The second kappa shape index (κ2) is 8.53. The van der Waals surface area contributed by atoms with Crippen molar-refractivity contribution in [3.8, 4) is 23.0 Å². The number of carbonyl (C=O) groups is 1. The predicted octanol–water partition coefficient (Wildman–Crippen LogP) is 1.72. The number of anilines is 2. The van der Waals surface area contributed by atoms with Crippen LogP contribution in [0.2, 0.25) is 0 Å². The van der Waals surface area contributed by atoms with Crippen molar-refractivity contribution in [1.29, 1.82) is 0 Å². The Balaban J connectivity index is 1.28. The van der Waals surface area contributed by atoms with Crippen molar-refractivity contribution in [1.82, 2.24) is 14.9 Å². The number of ether oxygens (including phenoxy) is 4. The number of carbonyl (C=O) groups excluding carboxylic acids is 1. The molecular weight excluding hydrogens is 430 g/mol. The van der Waals surface area contributed by atoms with E-state index < -0.39 is 6.10 Å². The summed E-state index contributed by atoms with van der Waals surface area (Å²) < 4.78 is 22.3. The van der Waals surface area contributed by atoms with Gasteiger partial charge < -0.3 is 34.5 Å². The Morgan fingerprint density at radius 1 is 1.03 bits per heavy atom. The van der Waals surface area contributed by atoms with Crippen molar-refractivity contribution in [2.24, 2.45) is 0 Å². The SMILES string of the molecule is COc1cc2nc(N3[13CH2][13CH2]N(C(=O)C4COc5ccccc5O4)[13CH2][13CH2]3)nc(N)c2cc1OC. The van der Waals surface area contributed by atoms with Crippen molar-refractivity contribution in [3.63, 3.8) is 0 Å². The van der Waals surface area contributed by atoms with Gasteiger partial charge >= 0.3 is 0 Å². The molecule has 0 radical (unpaired) electrons. The molecule has 2 aliphatic rings. The number of nitrogens with zero attached hydrogens (tertiary/aromatic N) is 4. The van der Waals surface area contributed by atoms with Gasteiger partial charge in [-0.3, -0.25) is 4.79 Å². The fourth-order valence-corrected chi connectivity index (χ4v) is 4.08. The van der Waals surface area contributed by atoms with Crippen LogP contribution >= 0.6 is 0 Å². The summed E-state index contributed by atoms with van der Waals surface area (Å²) in [7, 11) is 3.14. The molecule has 2 aliphatic heterocycles. The molecule has 2 N–H and O–H groups in total. The van der Waals surface area contributed by atoms with Crippen LogP contribution < -0.4 is 29.6 Å². The fraction of sp³-hybridized carbons (Fsp3) is 0.348. The molecule has 1 atom stereocenters. The second-order valence-corrected chi connectivity index (χ2v) is 7.81. The van der Waals surface area contributed by atoms with E-state index in [1.165, 1.54) is 0 Å². The summed E-state index contributed by atoms with van der Waals surface area (Å²) in [4.78, 5) is 26.0. The number of hydrogen-bond acceptors (Lipinski definition) is 9. The van der Waals surface area contributed by atoms with E-state index in [1.807, 2.05) is 23.1 Å². The van der Waals surface area contributed by atoms with Gasteiger partial charge in [0.2, 0.25) is 12.1 Å². The van der Waals surface area contributed by atoms with Crippen LogP contribution in [0.15, 0.2) is 36.4 Å². The first-order chi connectivity index (χ1) is 16.1. The maximum Gasteiger partial charge on any atom is 0.267 e. The summed E-state index contributed by atoms with van der Waals surface area (Å²) in [6.45, 7) is 2.40. The summed E-state index contributed by atoms with van der Waals surface area (Å²) in [6.07, 6.45) is -0.651. The van der Waals surface area contributed by atoms with Gasteiger partial charge in [-0.05, 0) is 18.2 Å². The average Bonchev–Trinajstić information content (AvgIpc) is 2.87. The number of hydrogen-bond donors (Lipinski definition) is 1. The molecule has 172 valence electrons. The van der Waals surface area contributed by atoms with Crippen molar-refractivity contribution >= 4 is 28.6 Å². The maximum atomic E-state index is 13.0. The molecule has 0 aliphatic carbocycles. The normalized spacial score (nSPS) is 17.7. The third-order valence-electron chi connectivity index (χ3n) is 5.88. The van der Waals surface area contributed by atoms with Crippen molar-refractivity contribution in [2.45, 2.75) is 6.10 Å². The Hall–Kier alpha value is -3.95. The zero-order chi connectivity index (χ0) is 22.9. The number of aromatic nitrogens is 2. The molecule has 1 amide bonds. The maximum absolute atomic E-state index is 13.0. The summed E-state index contributed by atoms with van der Waals surface area (Å²) >= 11 is 0. The van der Waals surface area contributed by atoms with E-state index in [2.05, 4.69) is 9.97 Å². The minimum absolute atomic E-state index is 0.0834. The van der Waals surface area contributed by atoms with Gasteiger partial charge in [0.1, 0.15) is 12.4 Å². The fourth-order valence-electron chi connectivity index (χ4n) is 4.08.